The zero-order chi connectivity index (χ0) is 13.8. The molecule has 1 aliphatic heterocycles. The molecule has 0 unspecified atom stereocenters. The van der Waals surface area contributed by atoms with Crippen molar-refractivity contribution in [1.29, 1.82) is 0 Å². The predicted molar refractivity (Wildman–Crippen MR) is 64.3 cm³/mol. The lowest BCUT2D eigenvalue weighted by molar-refractivity contribution is -0.137. The van der Waals surface area contributed by atoms with E-state index >= 15 is 0 Å². The van der Waals surface area contributed by atoms with Gasteiger partial charge in [-0.05, 0) is 0 Å². The predicted octanol–water partition coefficient (Wildman–Crippen LogP) is -0.646. The number of hydrogen-bond donors (Lipinski definition) is 3. The van der Waals surface area contributed by atoms with Crippen LogP contribution in [0.15, 0.2) is 12.4 Å². The molecule has 102 valence electrons. The monoisotopic (exact) mass is 266 g/mol. The van der Waals surface area contributed by atoms with Crippen LogP contribution in [0.2, 0.25) is 0 Å². The Morgan fingerprint density at radius 3 is 3.00 bits per heavy atom. The zero-order valence-electron chi connectivity index (χ0n) is 10.1. The van der Waals surface area contributed by atoms with Crippen LogP contribution in [-0.2, 0) is 14.4 Å². The molecular formula is C11H14N4O4. The summed E-state index contributed by atoms with van der Waals surface area (Å²) in [4.78, 5) is 35.4. The summed E-state index contributed by atoms with van der Waals surface area (Å²) in [6.45, 7) is 0.363. The number of hydrogen-bond acceptors (Lipinski definition) is 4. The van der Waals surface area contributed by atoms with Crippen molar-refractivity contribution in [1.82, 2.24) is 15.5 Å². The van der Waals surface area contributed by atoms with Crippen molar-refractivity contribution in [2.75, 3.05) is 18.0 Å². The fraction of sp³-hybridized carbons (Fsp3) is 0.455. The van der Waals surface area contributed by atoms with Crippen molar-refractivity contribution >= 4 is 23.5 Å². The maximum Gasteiger partial charge on any atom is 0.305 e. The maximum atomic E-state index is 11.8. The summed E-state index contributed by atoms with van der Waals surface area (Å²) in [7, 11) is 0. The number of carboxylic acids is 1. The van der Waals surface area contributed by atoms with Gasteiger partial charge in [0.05, 0.1) is 24.2 Å². The minimum absolute atomic E-state index is 0.0740. The van der Waals surface area contributed by atoms with Gasteiger partial charge in [0, 0.05) is 25.7 Å². The number of carboxylic acid groups (broad SMARTS) is 1. The Kier molecular flexibility index (Phi) is 3.79. The van der Waals surface area contributed by atoms with Gasteiger partial charge in [0.1, 0.15) is 0 Å². The van der Waals surface area contributed by atoms with Gasteiger partial charge in [-0.1, -0.05) is 0 Å². The highest BCUT2D eigenvalue weighted by molar-refractivity contribution is 6.00. The van der Waals surface area contributed by atoms with Gasteiger partial charge in [0.2, 0.25) is 11.8 Å². The quantitative estimate of drug-likeness (QED) is 0.655. The highest BCUT2D eigenvalue weighted by Crippen LogP contribution is 2.23. The average Bonchev–Trinajstić information content (AvgIpc) is 2.96. The van der Waals surface area contributed by atoms with Crippen molar-refractivity contribution in [3.05, 3.63) is 12.4 Å². The third-order valence-corrected chi connectivity index (χ3v) is 2.93. The molecule has 8 heteroatoms. The molecule has 1 saturated heterocycles. The molecule has 2 rings (SSSR count). The second-order valence-electron chi connectivity index (χ2n) is 4.30. The Balaban J connectivity index is 1.88. The molecule has 0 aromatic carbocycles. The van der Waals surface area contributed by atoms with Crippen molar-refractivity contribution in [3.63, 3.8) is 0 Å². The van der Waals surface area contributed by atoms with E-state index in [1.807, 2.05) is 0 Å². The fourth-order valence-electron chi connectivity index (χ4n) is 1.96. The van der Waals surface area contributed by atoms with Crippen LogP contribution in [0, 0.1) is 5.92 Å². The van der Waals surface area contributed by atoms with Crippen LogP contribution < -0.4 is 10.2 Å². The van der Waals surface area contributed by atoms with Crippen LogP contribution in [0.3, 0.4) is 0 Å². The minimum Gasteiger partial charge on any atom is -0.481 e. The summed E-state index contributed by atoms with van der Waals surface area (Å²) in [5.41, 5.74) is 0.630. The van der Waals surface area contributed by atoms with E-state index in [4.69, 9.17) is 5.11 Å². The number of anilines is 1. The van der Waals surface area contributed by atoms with Crippen molar-refractivity contribution < 1.29 is 19.5 Å². The molecule has 3 N–H and O–H groups in total. The van der Waals surface area contributed by atoms with Crippen molar-refractivity contribution in [2.24, 2.45) is 5.92 Å². The molecule has 1 atom stereocenters. The van der Waals surface area contributed by atoms with Gasteiger partial charge in [-0.15, -0.1) is 0 Å². The Labute approximate surface area is 108 Å². The second-order valence-corrected chi connectivity index (χ2v) is 4.30. The van der Waals surface area contributed by atoms with Crippen LogP contribution in [0.25, 0.3) is 0 Å². The lowest BCUT2D eigenvalue weighted by Gasteiger charge is -2.13. The SMILES string of the molecule is O=C(O)CCNC(=O)[C@H]1CC(=O)N(c2cn[nH]c2)C1. The van der Waals surface area contributed by atoms with E-state index in [0.717, 1.165) is 0 Å². The Bertz CT molecular complexity index is 485. The summed E-state index contributed by atoms with van der Waals surface area (Å²) in [6.07, 6.45) is 3.10. The number of aromatic amines is 1. The molecule has 0 spiro atoms. The molecule has 2 amide bonds. The second kappa shape index (κ2) is 5.51. The number of carbonyl (C=O) groups excluding carboxylic acids is 2. The first-order valence-electron chi connectivity index (χ1n) is 5.86. The summed E-state index contributed by atoms with van der Waals surface area (Å²) in [6, 6.07) is 0. The van der Waals surface area contributed by atoms with E-state index in [-0.39, 0.29) is 37.7 Å². The van der Waals surface area contributed by atoms with Gasteiger partial charge in [0.25, 0.3) is 0 Å². The van der Waals surface area contributed by atoms with E-state index in [1.54, 1.807) is 6.20 Å². The average molecular weight is 266 g/mol. The highest BCUT2D eigenvalue weighted by Gasteiger charge is 2.35. The summed E-state index contributed by atoms with van der Waals surface area (Å²) in [5.74, 6) is -1.85. The topological polar surface area (TPSA) is 115 Å². The molecular weight excluding hydrogens is 252 g/mol. The maximum absolute atomic E-state index is 11.8. The molecule has 2 heterocycles. The summed E-state index contributed by atoms with van der Waals surface area (Å²) >= 11 is 0. The van der Waals surface area contributed by atoms with Gasteiger partial charge in [-0.25, -0.2) is 0 Å². The molecule has 1 aromatic rings. The lowest BCUT2D eigenvalue weighted by atomic mass is 10.1. The summed E-state index contributed by atoms with van der Waals surface area (Å²) in [5, 5.41) is 17.4. The molecule has 8 nitrogen and oxygen atoms in total. The molecule has 1 aromatic heterocycles. The number of carbonyl (C=O) groups is 3. The molecule has 19 heavy (non-hydrogen) atoms. The lowest BCUT2D eigenvalue weighted by Crippen LogP contribution is -2.34. The van der Waals surface area contributed by atoms with E-state index in [1.165, 1.54) is 11.1 Å². The van der Waals surface area contributed by atoms with Gasteiger partial charge < -0.3 is 15.3 Å². The number of aromatic nitrogens is 2. The number of amides is 2. The molecule has 0 aliphatic carbocycles. The standard InChI is InChI=1S/C11H14N4O4/c16-9-3-7(11(19)12-2-1-10(17)18)6-15(9)8-4-13-14-5-8/h4-5,7H,1-3,6H2,(H,12,19)(H,13,14)(H,17,18)/t7-/m0/s1. The van der Waals surface area contributed by atoms with Gasteiger partial charge in [-0.3, -0.25) is 19.5 Å². The first-order chi connectivity index (χ1) is 9.08. The molecule has 1 aliphatic rings. The Morgan fingerprint density at radius 1 is 1.58 bits per heavy atom. The number of aliphatic carboxylic acids is 1. The van der Waals surface area contributed by atoms with Gasteiger partial charge in [-0.2, -0.15) is 5.10 Å². The van der Waals surface area contributed by atoms with E-state index in [0.29, 0.717) is 5.69 Å². The first-order valence-corrected chi connectivity index (χ1v) is 5.86. The van der Waals surface area contributed by atoms with Gasteiger partial charge >= 0.3 is 5.97 Å². The van der Waals surface area contributed by atoms with Crippen LogP contribution in [0.4, 0.5) is 5.69 Å². The third-order valence-electron chi connectivity index (χ3n) is 2.93. The molecule has 0 bridgehead atoms. The van der Waals surface area contributed by atoms with Crippen molar-refractivity contribution in [3.8, 4) is 0 Å². The van der Waals surface area contributed by atoms with Crippen molar-refractivity contribution in [2.45, 2.75) is 12.8 Å². The van der Waals surface area contributed by atoms with Crippen LogP contribution in [-0.4, -0.2) is 46.2 Å². The molecule has 0 radical (unpaired) electrons. The third kappa shape index (κ3) is 3.09. The van der Waals surface area contributed by atoms with E-state index in [2.05, 4.69) is 15.5 Å². The number of nitrogens with zero attached hydrogens (tertiary/aromatic N) is 2. The highest BCUT2D eigenvalue weighted by atomic mass is 16.4. The summed E-state index contributed by atoms with van der Waals surface area (Å²) < 4.78 is 0. The van der Waals surface area contributed by atoms with Crippen LogP contribution in [0.1, 0.15) is 12.8 Å². The minimum atomic E-state index is -0.970. The normalized spacial score (nSPS) is 18.6. The smallest absolute Gasteiger partial charge is 0.305 e. The van der Waals surface area contributed by atoms with E-state index < -0.39 is 11.9 Å². The first kappa shape index (κ1) is 13.1. The fourth-order valence-corrected chi connectivity index (χ4v) is 1.96. The largest absolute Gasteiger partial charge is 0.481 e. The molecule has 1 fully saturated rings. The Hall–Kier alpha value is -2.38. The number of nitrogens with one attached hydrogen (secondary N) is 2. The van der Waals surface area contributed by atoms with E-state index in [9.17, 15) is 14.4 Å². The zero-order valence-corrected chi connectivity index (χ0v) is 10.1. The Morgan fingerprint density at radius 2 is 2.37 bits per heavy atom. The van der Waals surface area contributed by atoms with Crippen LogP contribution in [0.5, 0.6) is 0 Å². The number of rotatable bonds is 5. The number of H-pyrrole nitrogens is 1. The van der Waals surface area contributed by atoms with Gasteiger partial charge in [0.15, 0.2) is 0 Å². The van der Waals surface area contributed by atoms with Crippen LogP contribution >= 0.6 is 0 Å². The molecule has 0 saturated carbocycles.